The molecule has 1 aliphatic heterocycles. The number of rotatable bonds is 7. The molecule has 32 heavy (non-hydrogen) atoms. The average molecular weight is 446 g/mol. The summed E-state index contributed by atoms with van der Waals surface area (Å²) in [4.78, 5) is 37.1. The summed E-state index contributed by atoms with van der Waals surface area (Å²) in [7, 11) is 0. The second-order valence-corrected chi connectivity index (χ2v) is 7.99. The lowest BCUT2D eigenvalue weighted by Gasteiger charge is -2.12. The van der Waals surface area contributed by atoms with E-state index < -0.39 is 16.1 Å². The first-order valence-corrected chi connectivity index (χ1v) is 10.6. The first-order valence-electron chi connectivity index (χ1n) is 9.76. The van der Waals surface area contributed by atoms with Crippen molar-refractivity contribution in [1.29, 1.82) is 0 Å². The minimum Gasteiger partial charge on any atom is -0.489 e. The zero-order chi connectivity index (χ0) is 22.5. The summed E-state index contributed by atoms with van der Waals surface area (Å²) in [5, 5.41) is 10.8. The molecule has 160 valence electrons. The molecule has 7 nitrogen and oxygen atoms in total. The lowest BCUT2D eigenvalue weighted by atomic mass is 10.1. The van der Waals surface area contributed by atoms with E-state index in [-0.39, 0.29) is 17.1 Å². The van der Waals surface area contributed by atoms with Crippen LogP contribution in [0.15, 0.2) is 83.8 Å². The Bertz CT molecular complexity index is 1190. The molecule has 8 heteroatoms. The van der Waals surface area contributed by atoms with Gasteiger partial charge in [0.2, 0.25) is 0 Å². The summed E-state index contributed by atoms with van der Waals surface area (Å²) < 4.78 is 5.76. The molecule has 0 radical (unpaired) electrons. The lowest BCUT2D eigenvalue weighted by molar-refractivity contribution is -0.385. The van der Waals surface area contributed by atoms with E-state index in [1.54, 1.807) is 48.5 Å². The summed E-state index contributed by atoms with van der Waals surface area (Å²) in [6.45, 7) is 0.302. The van der Waals surface area contributed by atoms with Gasteiger partial charge in [-0.1, -0.05) is 60.7 Å². The minimum atomic E-state index is -0.522. The summed E-state index contributed by atoms with van der Waals surface area (Å²) >= 11 is 0.819. The molecule has 3 aromatic rings. The number of nitro benzene ring substituents is 1. The van der Waals surface area contributed by atoms with Gasteiger partial charge in [-0.05, 0) is 41.1 Å². The molecule has 1 saturated heterocycles. The smallest absolute Gasteiger partial charge is 0.293 e. The van der Waals surface area contributed by atoms with E-state index >= 15 is 0 Å². The van der Waals surface area contributed by atoms with Gasteiger partial charge in [0.15, 0.2) is 0 Å². The van der Waals surface area contributed by atoms with Gasteiger partial charge in [-0.25, -0.2) is 0 Å². The van der Waals surface area contributed by atoms with Crippen LogP contribution in [0.2, 0.25) is 0 Å². The van der Waals surface area contributed by atoms with Crippen LogP contribution in [0.5, 0.6) is 5.75 Å². The van der Waals surface area contributed by atoms with Crippen molar-refractivity contribution in [3.8, 4) is 5.75 Å². The lowest BCUT2D eigenvalue weighted by Crippen LogP contribution is -2.27. The third-order valence-corrected chi connectivity index (χ3v) is 5.72. The molecule has 1 aliphatic rings. The third kappa shape index (κ3) is 4.87. The number of imide groups is 1. The van der Waals surface area contributed by atoms with Crippen LogP contribution in [0.25, 0.3) is 6.08 Å². The number of para-hydroxylation sites is 1. The van der Waals surface area contributed by atoms with Gasteiger partial charge in [-0.3, -0.25) is 24.6 Å². The number of thioether (sulfide) groups is 1. The Balaban J connectivity index is 1.44. The number of ether oxygens (including phenoxy) is 1. The van der Waals surface area contributed by atoms with Crippen LogP contribution >= 0.6 is 11.8 Å². The molecule has 1 heterocycles. The Hall–Kier alpha value is -3.91. The van der Waals surface area contributed by atoms with Crippen LogP contribution in [0.4, 0.5) is 10.5 Å². The summed E-state index contributed by atoms with van der Waals surface area (Å²) in [6, 6.07) is 23.1. The SMILES string of the molecule is O=C1S/C(=C\c2ccc(OCc3ccccc3)cc2)C(=O)N1Cc1ccccc1[N+](=O)[O-]. The Kier molecular flexibility index (Phi) is 6.32. The fourth-order valence-corrected chi connectivity index (χ4v) is 4.02. The summed E-state index contributed by atoms with van der Waals surface area (Å²) in [5.74, 6) is 0.220. The molecule has 0 N–H and O–H groups in total. The van der Waals surface area contributed by atoms with Crippen LogP contribution in [0.1, 0.15) is 16.7 Å². The van der Waals surface area contributed by atoms with Gasteiger partial charge in [0.1, 0.15) is 12.4 Å². The maximum Gasteiger partial charge on any atom is 0.293 e. The van der Waals surface area contributed by atoms with E-state index in [9.17, 15) is 19.7 Å². The van der Waals surface area contributed by atoms with Crippen molar-refractivity contribution >= 4 is 34.7 Å². The van der Waals surface area contributed by atoms with Gasteiger partial charge < -0.3 is 4.74 Å². The number of nitrogens with zero attached hydrogens (tertiary/aromatic N) is 2. The van der Waals surface area contributed by atoms with Crippen molar-refractivity contribution in [3.05, 3.63) is 111 Å². The van der Waals surface area contributed by atoms with Crippen molar-refractivity contribution < 1.29 is 19.2 Å². The first-order chi connectivity index (χ1) is 15.5. The predicted molar refractivity (Wildman–Crippen MR) is 122 cm³/mol. The van der Waals surface area contributed by atoms with E-state index in [0.29, 0.717) is 17.9 Å². The number of hydrogen-bond donors (Lipinski definition) is 0. The molecule has 0 aromatic heterocycles. The topological polar surface area (TPSA) is 89.8 Å². The number of hydrogen-bond acceptors (Lipinski definition) is 6. The summed E-state index contributed by atoms with van der Waals surface area (Å²) in [6.07, 6.45) is 1.63. The van der Waals surface area contributed by atoms with Gasteiger partial charge in [-0.2, -0.15) is 0 Å². The molecule has 0 unspecified atom stereocenters. The minimum absolute atomic E-state index is 0.123. The highest BCUT2D eigenvalue weighted by Gasteiger charge is 2.36. The molecule has 3 aromatic carbocycles. The van der Waals surface area contributed by atoms with Crippen molar-refractivity contribution in [2.75, 3.05) is 0 Å². The normalized spacial score (nSPS) is 14.8. The third-order valence-electron chi connectivity index (χ3n) is 4.82. The van der Waals surface area contributed by atoms with Crippen molar-refractivity contribution in [2.45, 2.75) is 13.2 Å². The monoisotopic (exact) mass is 446 g/mol. The van der Waals surface area contributed by atoms with E-state index in [2.05, 4.69) is 0 Å². The average Bonchev–Trinajstić information content (AvgIpc) is 3.07. The van der Waals surface area contributed by atoms with Crippen molar-refractivity contribution in [2.24, 2.45) is 0 Å². The Labute approximate surface area is 188 Å². The van der Waals surface area contributed by atoms with E-state index in [1.165, 1.54) is 6.07 Å². The molecular weight excluding hydrogens is 428 g/mol. The number of carbonyl (C=O) groups is 2. The second-order valence-electron chi connectivity index (χ2n) is 7.00. The highest BCUT2D eigenvalue weighted by molar-refractivity contribution is 8.18. The number of amides is 2. The van der Waals surface area contributed by atoms with Crippen LogP contribution in [-0.2, 0) is 17.9 Å². The highest BCUT2D eigenvalue weighted by Crippen LogP contribution is 2.34. The number of benzene rings is 3. The predicted octanol–water partition coefficient (Wildman–Crippen LogP) is 5.41. The highest BCUT2D eigenvalue weighted by atomic mass is 32.2. The molecule has 0 aliphatic carbocycles. The van der Waals surface area contributed by atoms with Gasteiger partial charge >= 0.3 is 0 Å². The maximum atomic E-state index is 12.8. The summed E-state index contributed by atoms with van der Waals surface area (Å²) in [5.41, 5.74) is 1.99. The quantitative estimate of drug-likeness (QED) is 0.274. The molecule has 2 amide bonds. The van der Waals surface area contributed by atoms with Crippen LogP contribution < -0.4 is 4.74 Å². The van der Waals surface area contributed by atoms with E-state index in [1.807, 2.05) is 30.3 Å². The zero-order valence-electron chi connectivity index (χ0n) is 16.8. The molecule has 0 atom stereocenters. The largest absolute Gasteiger partial charge is 0.489 e. The van der Waals surface area contributed by atoms with E-state index in [4.69, 9.17) is 4.74 Å². The maximum absolute atomic E-state index is 12.8. The van der Waals surface area contributed by atoms with Crippen molar-refractivity contribution in [1.82, 2.24) is 4.90 Å². The number of carbonyl (C=O) groups excluding carboxylic acids is 2. The molecule has 0 spiro atoms. The van der Waals surface area contributed by atoms with Gasteiger partial charge in [0, 0.05) is 11.6 Å². The molecular formula is C24H18N2O5S. The van der Waals surface area contributed by atoms with Crippen molar-refractivity contribution in [3.63, 3.8) is 0 Å². The Morgan fingerprint density at radius 1 is 0.938 bits per heavy atom. The standard InChI is InChI=1S/C24H18N2O5S/c27-23-22(32-24(28)25(23)15-19-8-4-5-9-21(19)26(29)30)14-17-10-12-20(13-11-17)31-16-18-6-2-1-3-7-18/h1-14H,15-16H2/b22-14-. The molecule has 1 fully saturated rings. The number of nitro groups is 1. The fourth-order valence-electron chi connectivity index (χ4n) is 3.18. The Morgan fingerprint density at radius 3 is 2.34 bits per heavy atom. The van der Waals surface area contributed by atoms with Gasteiger partial charge in [0.25, 0.3) is 16.8 Å². The van der Waals surface area contributed by atoms with Gasteiger partial charge in [0.05, 0.1) is 16.4 Å². The Morgan fingerprint density at radius 2 is 1.62 bits per heavy atom. The second kappa shape index (κ2) is 9.49. The van der Waals surface area contributed by atoms with E-state index in [0.717, 1.165) is 27.8 Å². The molecule has 0 bridgehead atoms. The van der Waals surface area contributed by atoms with Crippen LogP contribution in [0, 0.1) is 10.1 Å². The molecule has 4 rings (SSSR count). The van der Waals surface area contributed by atoms with Crippen LogP contribution in [0.3, 0.4) is 0 Å². The fraction of sp³-hybridized carbons (Fsp3) is 0.0833. The zero-order valence-corrected chi connectivity index (χ0v) is 17.7. The first kappa shape index (κ1) is 21.3. The van der Waals surface area contributed by atoms with Gasteiger partial charge in [-0.15, -0.1) is 0 Å². The molecule has 0 saturated carbocycles. The van der Waals surface area contributed by atoms with Crippen LogP contribution in [-0.4, -0.2) is 21.0 Å².